The topological polar surface area (TPSA) is 27.1 Å². The van der Waals surface area contributed by atoms with Crippen LogP contribution in [-0.2, 0) is 11.3 Å². The standard InChI is InChI=1S/C14H15FN2O/c1-10-9-11(15)3-4-12(10)13-14-16-5-7-17(14)6-2-8-18-13/h3-5,7,9,13H,2,6,8H2,1H3. The summed E-state index contributed by atoms with van der Waals surface area (Å²) in [5.74, 6) is 0.690. The van der Waals surface area contributed by atoms with Crippen molar-refractivity contribution < 1.29 is 9.13 Å². The third-order valence-electron chi connectivity index (χ3n) is 3.32. The van der Waals surface area contributed by atoms with Crippen LogP contribution in [0.5, 0.6) is 0 Å². The molecule has 0 N–H and O–H groups in total. The number of halogens is 1. The molecular weight excluding hydrogens is 231 g/mol. The Bertz CT molecular complexity index is 565. The average Bonchev–Trinajstić information content (AvgIpc) is 2.71. The molecule has 1 aromatic carbocycles. The zero-order valence-corrected chi connectivity index (χ0v) is 10.3. The molecule has 2 aromatic rings. The van der Waals surface area contributed by atoms with E-state index in [0.717, 1.165) is 29.9 Å². The Morgan fingerprint density at radius 3 is 3.17 bits per heavy atom. The molecule has 18 heavy (non-hydrogen) atoms. The molecule has 0 amide bonds. The summed E-state index contributed by atoms with van der Waals surface area (Å²) >= 11 is 0. The van der Waals surface area contributed by atoms with Crippen molar-refractivity contribution in [2.75, 3.05) is 6.61 Å². The van der Waals surface area contributed by atoms with E-state index in [9.17, 15) is 4.39 Å². The summed E-state index contributed by atoms with van der Waals surface area (Å²) in [5, 5.41) is 0. The van der Waals surface area contributed by atoms with Gasteiger partial charge in [0.25, 0.3) is 0 Å². The fourth-order valence-electron chi connectivity index (χ4n) is 2.42. The highest BCUT2D eigenvalue weighted by molar-refractivity contribution is 5.32. The van der Waals surface area contributed by atoms with Gasteiger partial charge >= 0.3 is 0 Å². The third-order valence-corrected chi connectivity index (χ3v) is 3.32. The number of nitrogens with zero attached hydrogens (tertiary/aromatic N) is 2. The summed E-state index contributed by atoms with van der Waals surface area (Å²) < 4.78 is 21.2. The highest BCUT2D eigenvalue weighted by Crippen LogP contribution is 2.29. The molecule has 1 aliphatic rings. The van der Waals surface area contributed by atoms with Crippen LogP contribution in [0.2, 0.25) is 0 Å². The van der Waals surface area contributed by atoms with Crippen molar-refractivity contribution in [2.45, 2.75) is 26.0 Å². The fraction of sp³-hybridized carbons (Fsp3) is 0.357. The lowest BCUT2D eigenvalue weighted by molar-refractivity contribution is 0.0808. The quantitative estimate of drug-likeness (QED) is 0.773. The second-order valence-electron chi connectivity index (χ2n) is 4.58. The maximum Gasteiger partial charge on any atom is 0.142 e. The number of aryl methyl sites for hydroxylation is 2. The third kappa shape index (κ3) is 1.93. The maximum atomic E-state index is 13.2. The van der Waals surface area contributed by atoms with Crippen LogP contribution < -0.4 is 0 Å². The Balaban J connectivity index is 2.06. The van der Waals surface area contributed by atoms with Gasteiger partial charge in [-0.1, -0.05) is 6.07 Å². The van der Waals surface area contributed by atoms with Gasteiger partial charge in [0.05, 0.1) is 0 Å². The van der Waals surface area contributed by atoms with Gasteiger partial charge in [0.15, 0.2) is 0 Å². The smallest absolute Gasteiger partial charge is 0.142 e. The van der Waals surface area contributed by atoms with Gasteiger partial charge in [-0.25, -0.2) is 9.37 Å². The van der Waals surface area contributed by atoms with Crippen LogP contribution in [0, 0.1) is 12.7 Å². The minimum atomic E-state index is -0.215. The highest BCUT2D eigenvalue weighted by Gasteiger charge is 2.23. The monoisotopic (exact) mass is 246 g/mol. The Morgan fingerprint density at radius 2 is 2.33 bits per heavy atom. The van der Waals surface area contributed by atoms with Crippen LogP contribution in [0.15, 0.2) is 30.6 Å². The van der Waals surface area contributed by atoms with E-state index in [4.69, 9.17) is 4.74 Å². The Hall–Kier alpha value is -1.68. The van der Waals surface area contributed by atoms with E-state index in [1.54, 1.807) is 12.3 Å². The van der Waals surface area contributed by atoms with E-state index in [2.05, 4.69) is 9.55 Å². The Kier molecular flexibility index (Phi) is 2.88. The largest absolute Gasteiger partial charge is 0.365 e. The summed E-state index contributed by atoms with van der Waals surface area (Å²) in [6, 6.07) is 4.81. The second kappa shape index (κ2) is 4.53. The Morgan fingerprint density at radius 1 is 1.44 bits per heavy atom. The van der Waals surface area contributed by atoms with E-state index >= 15 is 0 Å². The van der Waals surface area contributed by atoms with Crippen molar-refractivity contribution in [1.29, 1.82) is 0 Å². The van der Waals surface area contributed by atoms with Crippen LogP contribution in [0.25, 0.3) is 0 Å². The fourth-order valence-corrected chi connectivity index (χ4v) is 2.42. The van der Waals surface area contributed by atoms with Gasteiger partial charge in [0.1, 0.15) is 17.7 Å². The van der Waals surface area contributed by atoms with Gasteiger partial charge in [0, 0.05) is 25.5 Å². The molecule has 0 saturated heterocycles. The molecule has 4 heteroatoms. The van der Waals surface area contributed by atoms with Crippen molar-refractivity contribution >= 4 is 0 Å². The van der Waals surface area contributed by atoms with Gasteiger partial charge in [-0.3, -0.25) is 0 Å². The number of imidazole rings is 1. The molecule has 94 valence electrons. The first-order valence-electron chi connectivity index (χ1n) is 6.14. The summed E-state index contributed by atoms with van der Waals surface area (Å²) in [7, 11) is 0. The summed E-state index contributed by atoms with van der Waals surface area (Å²) in [6.07, 6.45) is 4.54. The predicted molar refractivity (Wildman–Crippen MR) is 65.8 cm³/mol. The predicted octanol–water partition coefficient (Wildman–Crippen LogP) is 2.84. The van der Waals surface area contributed by atoms with E-state index in [1.807, 2.05) is 13.1 Å². The molecule has 1 aromatic heterocycles. The molecular formula is C14H15FN2O. The van der Waals surface area contributed by atoms with Crippen molar-refractivity contribution in [3.05, 3.63) is 53.4 Å². The number of fused-ring (bicyclic) bond motifs is 1. The van der Waals surface area contributed by atoms with E-state index < -0.39 is 0 Å². The first kappa shape index (κ1) is 11.4. The van der Waals surface area contributed by atoms with Gasteiger partial charge in [0.2, 0.25) is 0 Å². The summed E-state index contributed by atoms with van der Waals surface area (Å²) in [4.78, 5) is 4.38. The molecule has 3 nitrogen and oxygen atoms in total. The number of hydrogen-bond donors (Lipinski definition) is 0. The SMILES string of the molecule is Cc1cc(F)ccc1C1OCCCn2ccnc21. The van der Waals surface area contributed by atoms with Gasteiger partial charge in [-0.05, 0) is 36.6 Å². The molecule has 1 aliphatic heterocycles. The van der Waals surface area contributed by atoms with Crippen molar-refractivity contribution in [3.63, 3.8) is 0 Å². The molecule has 1 unspecified atom stereocenters. The second-order valence-corrected chi connectivity index (χ2v) is 4.58. The molecule has 0 saturated carbocycles. The molecule has 2 heterocycles. The molecule has 0 fully saturated rings. The lowest BCUT2D eigenvalue weighted by Crippen LogP contribution is -2.11. The first-order chi connectivity index (χ1) is 8.75. The lowest BCUT2D eigenvalue weighted by atomic mass is 10.0. The molecule has 0 bridgehead atoms. The van der Waals surface area contributed by atoms with E-state index in [0.29, 0.717) is 6.61 Å². The van der Waals surface area contributed by atoms with Gasteiger partial charge in [-0.15, -0.1) is 0 Å². The minimum Gasteiger partial charge on any atom is -0.365 e. The van der Waals surface area contributed by atoms with Gasteiger partial charge in [-0.2, -0.15) is 0 Å². The van der Waals surface area contributed by atoms with E-state index in [1.165, 1.54) is 12.1 Å². The number of aromatic nitrogens is 2. The first-order valence-corrected chi connectivity index (χ1v) is 6.14. The van der Waals surface area contributed by atoms with Crippen LogP contribution in [0.3, 0.4) is 0 Å². The van der Waals surface area contributed by atoms with Crippen LogP contribution >= 0.6 is 0 Å². The van der Waals surface area contributed by atoms with Crippen molar-refractivity contribution in [3.8, 4) is 0 Å². The molecule has 0 radical (unpaired) electrons. The number of hydrogen-bond acceptors (Lipinski definition) is 2. The molecule has 1 atom stereocenters. The lowest BCUT2D eigenvalue weighted by Gasteiger charge is -2.17. The minimum absolute atomic E-state index is 0.192. The van der Waals surface area contributed by atoms with Crippen molar-refractivity contribution in [2.24, 2.45) is 0 Å². The number of rotatable bonds is 1. The van der Waals surface area contributed by atoms with Gasteiger partial charge < -0.3 is 9.30 Å². The average molecular weight is 246 g/mol. The molecule has 0 spiro atoms. The zero-order chi connectivity index (χ0) is 12.5. The molecule has 3 rings (SSSR count). The molecule has 0 aliphatic carbocycles. The normalized spacial score (nSPS) is 19.3. The highest BCUT2D eigenvalue weighted by atomic mass is 19.1. The van der Waals surface area contributed by atoms with Crippen LogP contribution in [-0.4, -0.2) is 16.2 Å². The maximum absolute atomic E-state index is 13.2. The summed E-state index contributed by atoms with van der Waals surface area (Å²) in [6.45, 7) is 3.52. The zero-order valence-electron chi connectivity index (χ0n) is 10.3. The van der Waals surface area contributed by atoms with Crippen LogP contribution in [0.1, 0.15) is 29.5 Å². The summed E-state index contributed by atoms with van der Waals surface area (Å²) in [5.41, 5.74) is 1.89. The Labute approximate surface area is 105 Å². The van der Waals surface area contributed by atoms with Crippen molar-refractivity contribution in [1.82, 2.24) is 9.55 Å². The number of benzene rings is 1. The van der Waals surface area contributed by atoms with Crippen LogP contribution in [0.4, 0.5) is 4.39 Å². The number of ether oxygens (including phenoxy) is 1. The van der Waals surface area contributed by atoms with E-state index in [-0.39, 0.29) is 11.9 Å².